The highest BCUT2D eigenvalue weighted by molar-refractivity contribution is 6.34. The number of halogens is 2. The molecule has 0 spiro atoms. The first-order valence-corrected chi connectivity index (χ1v) is 7.58. The molecule has 0 amide bonds. The van der Waals surface area contributed by atoms with Gasteiger partial charge in [0, 0.05) is 29.4 Å². The van der Waals surface area contributed by atoms with Crippen LogP contribution in [0.3, 0.4) is 0 Å². The third kappa shape index (κ3) is 4.06. The number of hydrogen-bond acceptors (Lipinski definition) is 3. The van der Waals surface area contributed by atoms with Crippen molar-refractivity contribution in [2.24, 2.45) is 0 Å². The molecule has 1 saturated heterocycles. The molecular weight excluding hydrogens is 281 g/mol. The Hall–Kier alpha value is -0.350. The summed E-state index contributed by atoms with van der Waals surface area (Å²) < 4.78 is 0. The number of pyridine rings is 1. The molecule has 106 valence electrons. The number of rotatable bonds is 4. The van der Waals surface area contributed by atoms with Gasteiger partial charge in [-0.25, -0.2) is 4.98 Å². The molecule has 3 nitrogen and oxygen atoms in total. The van der Waals surface area contributed by atoms with Gasteiger partial charge in [0.05, 0.1) is 0 Å². The largest absolute Gasteiger partial charge is 0.303 e. The van der Waals surface area contributed by atoms with Crippen LogP contribution in [0.5, 0.6) is 0 Å². The second kappa shape index (κ2) is 6.89. The Morgan fingerprint density at radius 3 is 2.63 bits per heavy atom. The second-order valence-corrected chi connectivity index (χ2v) is 5.97. The molecule has 19 heavy (non-hydrogen) atoms. The van der Waals surface area contributed by atoms with Crippen LogP contribution in [-0.2, 0) is 6.54 Å². The summed E-state index contributed by atoms with van der Waals surface area (Å²) in [5.41, 5.74) is 1.05. The fraction of sp³-hybridized carbons (Fsp3) is 0.643. The third-order valence-corrected chi connectivity index (χ3v) is 4.50. The van der Waals surface area contributed by atoms with Gasteiger partial charge in [-0.15, -0.1) is 0 Å². The maximum atomic E-state index is 6.20. The Balaban J connectivity index is 1.92. The van der Waals surface area contributed by atoms with Crippen molar-refractivity contribution < 1.29 is 0 Å². The molecule has 2 rings (SSSR count). The van der Waals surface area contributed by atoms with Crippen molar-refractivity contribution in [1.82, 2.24) is 14.8 Å². The highest BCUT2D eigenvalue weighted by Gasteiger charge is 2.22. The van der Waals surface area contributed by atoms with Crippen molar-refractivity contribution >= 4 is 23.2 Å². The van der Waals surface area contributed by atoms with Crippen LogP contribution in [0.1, 0.15) is 25.3 Å². The van der Waals surface area contributed by atoms with Crippen LogP contribution >= 0.6 is 23.2 Å². The average Bonchev–Trinajstić information content (AvgIpc) is 2.42. The van der Waals surface area contributed by atoms with Crippen molar-refractivity contribution in [2.75, 3.05) is 26.7 Å². The van der Waals surface area contributed by atoms with E-state index < -0.39 is 0 Å². The van der Waals surface area contributed by atoms with Crippen LogP contribution in [0.15, 0.2) is 12.3 Å². The quantitative estimate of drug-likeness (QED) is 0.796. The Morgan fingerprint density at radius 2 is 2.05 bits per heavy atom. The van der Waals surface area contributed by atoms with Gasteiger partial charge in [-0.2, -0.15) is 0 Å². The van der Waals surface area contributed by atoms with Gasteiger partial charge in [0.25, 0.3) is 0 Å². The van der Waals surface area contributed by atoms with Gasteiger partial charge in [-0.05, 0) is 45.6 Å². The standard InChI is InChI=1S/C14H21Cl2N3/c1-3-19-6-4-12(5-7-19)18(2)10-11-9-17-14(16)8-13(11)15/h8-9,12H,3-7,10H2,1-2H3. The van der Waals surface area contributed by atoms with Crippen LogP contribution in [-0.4, -0.2) is 47.5 Å². The van der Waals surface area contributed by atoms with Crippen LogP contribution < -0.4 is 0 Å². The van der Waals surface area contributed by atoms with Crippen molar-refractivity contribution in [3.8, 4) is 0 Å². The Bertz CT molecular complexity index is 417. The van der Waals surface area contributed by atoms with E-state index in [1.807, 2.05) is 0 Å². The van der Waals surface area contributed by atoms with E-state index >= 15 is 0 Å². The topological polar surface area (TPSA) is 19.4 Å². The highest BCUT2D eigenvalue weighted by Crippen LogP contribution is 2.22. The van der Waals surface area contributed by atoms with Gasteiger partial charge in [-0.1, -0.05) is 30.1 Å². The zero-order valence-corrected chi connectivity index (χ0v) is 13.1. The summed E-state index contributed by atoms with van der Waals surface area (Å²) in [6.45, 7) is 6.60. The van der Waals surface area contributed by atoms with Gasteiger partial charge in [0.2, 0.25) is 0 Å². The molecule has 0 aromatic carbocycles. The molecule has 1 aliphatic heterocycles. The fourth-order valence-electron chi connectivity index (χ4n) is 2.63. The molecule has 0 N–H and O–H groups in total. The van der Waals surface area contributed by atoms with Crippen LogP contribution in [0.25, 0.3) is 0 Å². The summed E-state index contributed by atoms with van der Waals surface area (Å²) in [4.78, 5) is 8.99. The van der Waals surface area contributed by atoms with E-state index in [0.29, 0.717) is 16.2 Å². The van der Waals surface area contributed by atoms with E-state index in [-0.39, 0.29) is 0 Å². The van der Waals surface area contributed by atoms with Crippen molar-refractivity contribution in [3.05, 3.63) is 28.0 Å². The first kappa shape index (κ1) is 15.0. The molecule has 0 atom stereocenters. The van der Waals surface area contributed by atoms with Crippen LogP contribution in [0.4, 0.5) is 0 Å². The first-order valence-electron chi connectivity index (χ1n) is 6.82. The van der Waals surface area contributed by atoms with Crippen molar-refractivity contribution in [3.63, 3.8) is 0 Å². The predicted molar refractivity (Wildman–Crippen MR) is 80.9 cm³/mol. The van der Waals surface area contributed by atoms with E-state index in [9.17, 15) is 0 Å². The lowest BCUT2D eigenvalue weighted by Crippen LogP contribution is -2.42. The van der Waals surface area contributed by atoms with Crippen molar-refractivity contribution in [1.29, 1.82) is 0 Å². The lowest BCUT2D eigenvalue weighted by molar-refractivity contribution is 0.127. The zero-order valence-electron chi connectivity index (χ0n) is 11.6. The minimum absolute atomic E-state index is 0.452. The summed E-state index contributed by atoms with van der Waals surface area (Å²) in [5.74, 6) is 0. The molecule has 5 heteroatoms. The average molecular weight is 302 g/mol. The van der Waals surface area contributed by atoms with E-state index in [1.165, 1.54) is 25.9 Å². The molecule has 1 aliphatic rings. The Morgan fingerprint density at radius 1 is 1.37 bits per heavy atom. The summed E-state index contributed by atoms with van der Waals surface area (Å²) in [6, 6.07) is 2.35. The minimum atomic E-state index is 0.452. The Kier molecular flexibility index (Phi) is 5.46. The summed E-state index contributed by atoms with van der Waals surface area (Å²) in [7, 11) is 2.16. The van der Waals surface area contributed by atoms with E-state index in [1.54, 1.807) is 12.3 Å². The lowest BCUT2D eigenvalue weighted by Gasteiger charge is -2.36. The predicted octanol–water partition coefficient (Wildman–Crippen LogP) is 3.30. The summed E-state index contributed by atoms with van der Waals surface area (Å²) in [6.07, 6.45) is 4.23. The maximum Gasteiger partial charge on any atom is 0.130 e. The summed E-state index contributed by atoms with van der Waals surface area (Å²) >= 11 is 12.0. The number of likely N-dealkylation sites (tertiary alicyclic amines) is 1. The highest BCUT2D eigenvalue weighted by atomic mass is 35.5. The van der Waals surface area contributed by atoms with Gasteiger partial charge < -0.3 is 4.90 Å². The molecule has 1 fully saturated rings. The number of piperidine rings is 1. The fourth-order valence-corrected chi connectivity index (χ4v) is 3.05. The molecule has 0 unspecified atom stereocenters. The lowest BCUT2D eigenvalue weighted by atomic mass is 10.0. The smallest absolute Gasteiger partial charge is 0.130 e. The molecular formula is C14H21Cl2N3. The van der Waals surface area contributed by atoms with Gasteiger partial charge >= 0.3 is 0 Å². The van der Waals surface area contributed by atoms with Crippen LogP contribution in [0, 0.1) is 0 Å². The number of aromatic nitrogens is 1. The SMILES string of the molecule is CCN1CCC(N(C)Cc2cnc(Cl)cc2Cl)CC1. The number of hydrogen-bond donors (Lipinski definition) is 0. The molecule has 0 bridgehead atoms. The van der Waals surface area contributed by atoms with E-state index in [2.05, 4.69) is 28.8 Å². The zero-order chi connectivity index (χ0) is 13.8. The maximum absolute atomic E-state index is 6.20. The first-order chi connectivity index (χ1) is 9.10. The molecule has 0 radical (unpaired) electrons. The minimum Gasteiger partial charge on any atom is -0.303 e. The number of nitrogens with zero attached hydrogens (tertiary/aromatic N) is 3. The van der Waals surface area contributed by atoms with Gasteiger partial charge in [0.15, 0.2) is 0 Å². The van der Waals surface area contributed by atoms with E-state index in [4.69, 9.17) is 23.2 Å². The Labute approximate surface area is 125 Å². The second-order valence-electron chi connectivity index (χ2n) is 5.18. The molecule has 2 heterocycles. The van der Waals surface area contributed by atoms with Gasteiger partial charge in [-0.3, -0.25) is 4.90 Å². The third-order valence-electron chi connectivity index (χ3n) is 3.94. The van der Waals surface area contributed by atoms with Gasteiger partial charge in [0.1, 0.15) is 5.15 Å². The molecule has 1 aromatic rings. The van der Waals surface area contributed by atoms with Crippen molar-refractivity contribution in [2.45, 2.75) is 32.4 Å². The molecule has 0 saturated carbocycles. The monoisotopic (exact) mass is 301 g/mol. The molecule has 0 aliphatic carbocycles. The molecule has 1 aromatic heterocycles. The normalized spacial score (nSPS) is 18.2. The van der Waals surface area contributed by atoms with Crippen LogP contribution in [0.2, 0.25) is 10.2 Å². The van der Waals surface area contributed by atoms with E-state index in [0.717, 1.165) is 18.7 Å². The summed E-state index contributed by atoms with van der Waals surface area (Å²) in [5, 5.41) is 1.16.